The fourth-order valence-electron chi connectivity index (χ4n) is 5.78. The molecule has 2 N–H and O–H groups in total. The van der Waals surface area contributed by atoms with Gasteiger partial charge in [-0.25, -0.2) is 18.4 Å². The SMILES string of the molecule is N#Cc1cnc(C(C2CCOCC2)C(CNC(=O)c2ccccc2O)n2ncc3c(S(=O)(=O)C4CC4)cccc32)nc1. The summed E-state index contributed by atoms with van der Waals surface area (Å²) in [5.74, 6) is -0.414. The first kappa shape index (κ1) is 27.8. The van der Waals surface area contributed by atoms with Gasteiger partial charge in [0.1, 0.15) is 17.6 Å². The van der Waals surface area contributed by atoms with Crippen LogP contribution in [-0.4, -0.2) is 64.2 Å². The smallest absolute Gasteiger partial charge is 0.255 e. The molecular weight excluding hydrogens is 556 g/mol. The molecule has 11 nitrogen and oxygen atoms in total. The average molecular weight is 587 g/mol. The number of phenolic OH excluding ortho intramolecular Hbond substituents is 1. The van der Waals surface area contributed by atoms with E-state index in [1.54, 1.807) is 35.1 Å². The normalized spacial score (nSPS) is 17.4. The van der Waals surface area contributed by atoms with E-state index in [1.807, 2.05) is 6.07 Å². The summed E-state index contributed by atoms with van der Waals surface area (Å²) in [6, 6.07) is 13.0. The predicted molar refractivity (Wildman–Crippen MR) is 152 cm³/mol. The number of hydrogen-bond acceptors (Lipinski definition) is 9. The minimum absolute atomic E-state index is 0.0522. The maximum atomic E-state index is 13.3. The predicted octanol–water partition coefficient (Wildman–Crippen LogP) is 3.52. The Labute approximate surface area is 243 Å². The number of carbonyl (C=O) groups is 1. The van der Waals surface area contributed by atoms with Crippen LogP contribution in [0.15, 0.2) is 66.0 Å². The molecule has 0 spiro atoms. The van der Waals surface area contributed by atoms with E-state index in [0.717, 1.165) is 12.8 Å². The molecule has 216 valence electrons. The summed E-state index contributed by atoms with van der Waals surface area (Å²) in [6.45, 7) is 1.20. The van der Waals surface area contributed by atoms with Gasteiger partial charge in [-0.15, -0.1) is 0 Å². The first-order valence-electron chi connectivity index (χ1n) is 13.9. The Morgan fingerprint density at radius 2 is 1.81 bits per heavy atom. The summed E-state index contributed by atoms with van der Waals surface area (Å²) in [6.07, 6.45) is 7.27. The van der Waals surface area contributed by atoms with Gasteiger partial charge in [0.05, 0.1) is 39.0 Å². The number of ether oxygens (including phenoxy) is 1. The number of fused-ring (bicyclic) bond motifs is 1. The minimum atomic E-state index is -3.49. The third-order valence-electron chi connectivity index (χ3n) is 8.09. The van der Waals surface area contributed by atoms with Gasteiger partial charge in [0.25, 0.3) is 5.91 Å². The highest BCUT2D eigenvalue weighted by atomic mass is 32.2. The lowest BCUT2D eigenvalue weighted by molar-refractivity contribution is 0.0484. The molecule has 2 aliphatic rings. The first-order valence-corrected chi connectivity index (χ1v) is 15.5. The molecule has 42 heavy (non-hydrogen) atoms. The Balaban J connectivity index is 1.46. The van der Waals surface area contributed by atoms with Crippen molar-refractivity contribution in [1.29, 1.82) is 5.26 Å². The largest absolute Gasteiger partial charge is 0.507 e. The summed E-state index contributed by atoms with van der Waals surface area (Å²) in [4.78, 5) is 22.6. The second-order valence-electron chi connectivity index (χ2n) is 10.7. The van der Waals surface area contributed by atoms with Crippen molar-refractivity contribution in [2.45, 2.75) is 47.8 Å². The number of rotatable bonds is 9. The molecule has 1 saturated carbocycles. The molecule has 4 aromatic rings. The van der Waals surface area contributed by atoms with Crippen molar-refractivity contribution in [2.75, 3.05) is 19.8 Å². The quantitative estimate of drug-likeness (QED) is 0.299. The second-order valence-corrected chi connectivity index (χ2v) is 12.9. The van der Waals surface area contributed by atoms with Crippen LogP contribution in [-0.2, 0) is 14.6 Å². The molecule has 3 heterocycles. The van der Waals surface area contributed by atoms with Gasteiger partial charge in [-0.1, -0.05) is 18.2 Å². The molecule has 2 unspecified atom stereocenters. The van der Waals surface area contributed by atoms with Crippen LogP contribution in [0.3, 0.4) is 0 Å². The van der Waals surface area contributed by atoms with Crippen LogP contribution in [0.25, 0.3) is 10.9 Å². The third-order valence-corrected chi connectivity index (χ3v) is 10.4. The Morgan fingerprint density at radius 3 is 2.50 bits per heavy atom. The Hall–Kier alpha value is -4.34. The lowest BCUT2D eigenvalue weighted by atomic mass is 9.80. The maximum Gasteiger partial charge on any atom is 0.255 e. The summed E-state index contributed by atoms with van der Waals surface area (Å²) < 4.78 is 34.0. The summed E-state index contributed by atoms with van der Waals surface area (Å²) >= 11 is 0. The van der Waals surface area contributed by atoms with Gasteiger partial charge in [0.2, 0.25) is 0 Å². The van der Waals surface area contributed by atoms with Gasteiger partial charge in [-0.05, 0) is 55.9 Å². The zero-order valence-corrected chi connectivity index (χ0v) is 23.6. The second kappa shape index (κ2) is 11.5. The Kier molecular flexibility index (Phi) is 7.62. The van der Waals surface area contributed by atoms with Crippen LogP contribution in [0.2, 0.25) is 0 Å². The standard InChI is InChI=1S/C30H30N6O5S/c31-14-19-15-32-29(33-16-19)28(20-10-12-41-13-11-20)25(18-34-30(38)22-4-1-2-6-26(22)37)36-24-5-3-7-27(23(24)17-35-36)42(39,40)21-8-9-21/h1-7,15-17,20-21,25,28,37H,8-13,18H2,(H,34,38). The van der Waals surface area contributed by atoms with Crippen molar-refractivity contribution in [3.63, 3.8) is 0 Å². The van der Waals surface area contributed by atoms with Crippen LogP contribution in [0.5, 0.6) is 5.75 Å². The van der Waals surface area contributed by atoms with Gasteiger partial charge in [-0.3, -0.25) is 9.48 Å². The van der Waals surface area contributed by atoms with Crippen molar-refractivity contribution >= 4 is 26.6 Å². The summed E-state index contributed by atoms with van der Waals surface area (Å²) in [5.41, 5.74) is 1.08. The van der Waals surface area contributed by atoms with Gasteiger partial charge in [0, 0.05) is 43.5 Å². The lowest BCUT2D eigenvalue weighted by Gasteiger charge is -2.35. The van der Waals surface area contributed by atoms with E-state index in [1.165, 1.54) is 24.5 Å². The van der Waals surface area contributed by atoms with Crippen LogP contribution >= 0.6 is 0 Å². The van der Waals surface area contributed by atoms with Crippen LogP contribution < -0.4 is 5.32 Å². The fraction of sp³-hybridized carbons (Fsp3) is 0.367. The number of amides is 1. The van der Waals surface area contributed by atoms with E-state index in [-0.39, 0.29) is 39.8 Å². The van der Waals surface area contributed by atoms with Crippen molar-refractivity contribution in [2.24, 2.45) is 5.92 Å². The first-order chi connectivity index (χ1) is 20.4. The van der Waals surface area contributed by atoms with Crippen molar-refractivity contribution in [3.8, 4) is 11.8 Å². The van der Waals surface area contributed by atoms with E-state index >= 15 is 0 Å². The fourth-order valence-corrected chi connectivity index (χ4v) is 7.63. The van der Waals surface area contributed by atoms with E-state index in [2.05, 4.69) is 21.4 Å². The molecule has 1 amide bonds. The number of sulfone groups is 1. The number of nitriles is 1. The van der Waals surface area contributed by atoms with Gasteiger partial charge in [0.15, 0.2) is 9.84 Å². The van der Waals surface area contributed by atoms with Crippen LogP contribution in [0.4, 0.5) is 0 Å². The van der Waals surface area contributed by atoms with Crippen LogP contribution in [0, 0.1) is 17.2 Å². The number of carbonyl (C=O) groups excluding carboxylic acids is 1. The number of aromatic nitrogens is 4. The molecule has 1 aliphatic carbocycles. The molecule has 1 aliphatic heterocycles. The number of aromatic hydroxyl groups is 1. The average Bonchev–Trinajstić information content (AvgIpc) is 3.80. The Bertz CT molecular complexity index is 1760. The highest BCUT2D eigenvalue weighted by Crippen LogP contribution is 2.41. The number of nitrogens with one attached hydrogen (secondary N) is 1. The molecule has 2 aromatic carbocycles. The van der Waals surface area contributed by atoms with Crippen molar-refractivity contribution < 1.29 is 23.1 Å². The number of hydrogen-bond donors (Lipinski definition) is 2. The summed E-state index contributed by atoms with van der Waals surface area (Å²) in [7, 11) is -3.49. The number of phenols is 1. The monoisotopic (exact) mass is 586 g/mol. The van der Waals surface area contributed by atoms with Gasteiger partial charge >= 0.3 is 0 Å². The topological polar surface area (TPSA) is 160 Å². The zero-order chi connectivity index (χ0) is 29.3. The molecular formula is C30H30N6O5S. The molecule has 0 bridgehead atoms. The van der Waals surface area contributed by atoms with E-state index in [9.17, 15) is 23.6 Å². The van der Waals surface area contributed by atoms with Crippen molar-refractivity contribution in [3.05, 3.63) is 78.0 Å². The third kappa shape index (κ3) is 5.33. The van der Waals surface area contributed by atoms with Gasteiger partial charge in [-0.2, -0.15) is 10.4 Å². The van der Waals surface area contributed by atoms with Crippen LogP contribution in [0.1, 0.15) is 59.4 Å². The molecule has 12 heteroatoms. The van der Waals surface area contributed by atoms with E-state index < -0.39 is 21.8 Å². The van der Waals surface area contributed by atoms with Gasteiger partial charge < -0.3 is 15.2 Å². The summed E-state index contributed by atoms with van der Waals surface area (Å²) in [5, 5.41) is 27.4. The zero-order valence-electron chi connectivity index (χ0n) is 22.8. The van der Waals surface area contributed by atoms with E-state index in [0.29, 0.717) is 48.3 Å². The minimum Gasteiger partial charge on any atom is -0.507 e. The number of benzene rings is 2. The molecule has 0 radical (unpaired) electrons. The molecule has 2 fully saturated rings. The highest BCUT2D eigenvalue weighted by Gasteiger charge is 2.40. The molecule has 2 atom stereocenters. The maximum absolute atomic E-state index is 13.3. The molecule has 1 saturated heterocycles. The number of para-hydroxylation sites is 1. The lowest BCUT2D eigenvalue weighted by Crippen LogP contribution is -2.38. The molecule has 2 aromatic heterocycles. The van der Waals surface area contributed by atoms with E-state index in [4.69, 9.17) is 9.84 Å². The number of nitrogens with zero attached hydrogens (tertiary/aromatic N) is 5. The highest BCUT2D eigenvalue weighted by molar-refractivity contribution is 7.92. The molecule has 6 rings (SSSR count). The Morgan fingerprint density at radius 1 is 1.07 bits per heavy atom. The van der Waals surface area contributed by atoms with Crippen molar-refractivity contribution in [1.82, 2.24) is 25.1 Å².